The van der Waals surface area contributed by atoms with E-state index in [0.717, 1.165) is 43.7 Å². The minimum atomic E-state index is -3.76. The van der Waals surface area contributed by atoms with Crippen LogP contribution in [0.25, 0.3) is 4.85 Å². The molecular weight excluding hydrogens is 500 g/mol. The normalized spacial score (nSPS) is 21.6. The lowest BCUT2D eigenvalue weighted by atomic mass is 10.0. The molecule has 2 heterocycles. The van der Waals surface area contributed by atoms with E-state index in [1.165, 1.54) is 22.0 Å². The Balaban J connectivity index is 1.36. The molecule has 10 heteroatoms. The van der Waals surface area contributed by atoms with Crippen molar-refractivity contribution in [2.45, 2.75) is 63.2 Å². The van der Waals surface area contributed by atoms with E-state index in [4.69, 9.17) is 6.57 Å². The first-order chi connectivity index (χ1) is 18.2. The molecule has 2 atom stereocenters. The molecule has 9 nitrogen and oxygen atoms in total. The largest absolute Gasteiger partial charge is 0.325 e. The highest BCUT2D eigenvalue weighted by Gasteiger charge is 2.38. The van der Waals surface area contributed by atoms with Gasteiger partial charge in [-0.1, -0.05) is 24.3 Å². The minimum absolute atomic E-state index is 0.114. The third-order valence-electron chi connectivity index (χ3n) is 7.44. The number of piperazine rings is 1. The molecular formula is C28H38N6O3S. The van der Waals surface area contributed by atoms with E-state index in [2.05, 4.69) is 26.9 Å². The first-order valence-corrected chi connectivity index (χ1v) is 14.7. The van der Waals surface area contributed by atoms with Crippen molar-refractivity contribution in [2.75, 3.05) is 38.0 Å². The Hall–Kier alpha value is -2.81. The SMILES string of the molecule is [C-]#[N+]c1cccc(S(=O)(=O)N2[C@H](C)CN(CC(=O)Nc3cccc(CNC4CCNCC4)c3C)C[C@@H]2C)c1. The first kappa shape index (κ1) is 28.2. The minimum Gasteiger partial charge on any atom is -0.325 e. The van der Waals surface area contributed by atoms with Gasteiger partial charge < -0.3 is 16.0 Å². The van der Waals surface area contributed by atoms with E-state index in [0.29, 0.717) is 24.8 Å². The number of benzene rings is 2. The Labute approximate surface area is 226 Å². The molecule has 4 rings (SSSR count). The summed E-state index contributed by atoms with van der Waals surface area (Å²) in [6, 6.07) is 12.0. The summed E-state index contributed by atoms with van der Waals surface area (Å²) in [5, 5.41) is 10.1. The van der Waals surface area contributed by atoms with Crippen LogP contribution in [-0.4, -0.2) is 74.4 Å². The second kappa shape index (κ2) is 12.4. The van der Waals surface area contributed by atoms with E-state index >= 15 is 0 Å². The maximum Gasteiger partial charge on any atom is 0.242 e. The van der Waals surface area contributed by atoms with Crippen molar-refractivity contribution in [1.82, 2.24) is 19.8 Å². The highest BCUT2D eigenvalue weighted by atomic mass is 32.2. The highest BCUT2D eigenvalue weighted by Crippen LogP contribution is 2.28. The van der Waals surface area contributed by atoms with Gasteiger partial charge in [0.25, 0.3) is 0 Å². The number of amides is 1. The zero-order valence-electron chi connectivity index (χ0n) is 22.4. The topological polar surface area (TPSA) is 98.1 Å². The van der Waals surface area contributed by atoms with Crippen molar-refractivity contribution in [2.24, 2.45) is 0 Å². The van der Waals surface area contributed by atoms with E-state index in [1.54, 1.807) is 12.1 Å². The molecule has 2 fully saturated rings. The van der Waals surface area contributed by atoms with Crippen LogP contribution >= 0.6 is 0 Å². The number of carbonyl (C=O) groups is 1. The monoisotopic (exact) mass is 538 g/mol. The fraction of sp³-hybridized carbons (Fsp3) is 0.500. The Bertz CT molecular complexity index is 1270. The number of anilines is 1. The van der Waals surface area contributed by atoms with Gasteiger partial charge in [-0.05, 0) is 76.0 Å². The molecule has 0 bridgehead atoms. The predicted molar refractivity (Wildman–Crippen MR) is 150 cm³/mol. The number of sulfonamides is 1. The number of carbonyl (C=O) groups excluding carboxylic acids is 1. The predicted octanol–water partition coefficient (Wildman–Crippen LogP) is 3.11. The van der Waals surface area contributed by atoms with Crippen molar-refractivity contribution in [3.63, 3.8) is 0 Å². The van der Waals surface area contributed by atoms with Crippen molar-refractivity contribution < 1.29 is 13.2 Å². The number of piperidine rings is 1. The molecule has 0 spiro atoms. The van der Waals surface area contributed by atoms with Gasteiger partial charge in [0.2, 0.25) is 15.9 Å². The molecule has 0 aliphatic carbocycles. The molecule has 2 aliphatic rings. The second-order valence-corrected chi connectivity index (χ2v) is 12.2. The van der Waals surface area contributed by atoms with Gasteiger partial charge in [-0.25, -0.2) is 13.3 Å². The molecule has 0 saturated carbocycles. The summed E-state index contributed by atoms with van der Waals surface area (Å²) in [4.78, 5) is 18.5. The van der Waals surface area contributed by atoms with Crippen LogP contribution in [0.4, 0.5) is 11.4 Å². The fourth-order valence-corrected chi connectivity index (χ4v) is 7.38. The van der Waals surface area contributed by atoms with Crippen LogP contribution in [0.15, 0.2) is 47.4 Å². The maximum absolute atomic E-state index is 13.4. The summed E-state index contributed by atoms with van der Waals surface area (Å²) >= 11 is 0. The van der Waals surface area contributed by atoms with Gasteiger partial charge in [-0.2, -0.15) is 4.31 Å². The molecule has 204 valence electrons. The highest BCUT2D eigenvalue weighted by molar-refractivity contribution is 7.89. The molecule has 0 aromatic heterocycles. The van der Waals surface area contributed by atoms with E-state index < -0.39 is 10.0 Å². The van der Waals surface area contributed by atoms with Crippen LogP contribution in [0.2, 0.25) is 0 Å². The summed E-state index contributed by atoms with van der Waals surface area (Å²) in [5.74, 6) is -0.114. The zero-order chi connectivity index (χ0) is 27.3. The van der Waals surface area contributed by atoms with E-state index in [9.17, 15) is 13.2 Å². The molecule has 2 saturated heterocycles. The van der Waals surface area contributed by atoms with Crippen molar-refractivity contribution >= 4 is 27.3 Å². The Morgan fingerprint density at radius 2 is 1.79 bits per heavy atom. The number of hydrogen-bond donors (Lipinski definition) is 3. The van der Waals surface area contributed by atoms with Crippen molar-refractivity contribution in [3.05, 3.63) is 65.0 Å². The summed E-state index contributed by atoms with van der Waals surface area (Å²) < 4.78 is 28.3. The molecule has 1 amide bonds. The Morgan fingerprint density at radius 1 is 1.11 bits per heavy atom. The number of rotatable bonds is 8. The standard InChI is InChI=1S/C28H38N6O3S/c1-20-17-33(18-21(2)34(20)38(36,37)26-9-6-8-25(15-26)29-4)19-28(35)32-27-10-5-7-23(22(27)3)16-31-24-11-13-30-14-12-24/h5-10,15,20-21,24,30-31H,11-14,16-19H2,1-3H3,(H,32,35)/t20-,21+. The van der Waals surface area contributed by atoms with Crippen molar-refractivity contribution in [1.29, 1.82) is 0 Å². The fourth-order valence-electron chi connectivity index (χ4n) is 5.54. The smallest absolute Gasteiger partial charge is 0.242 e. The van der Waals surface area contributed by atoms with Crippen LogP contribution in [0.5, 0.6) is 0 Å². The van der Waals surface area contributed by atoms with Gasteiger partial charge in [0.15, 0.2) is 5.69 Å². The third-order valence-corrected chi connectivity index (χ3v) is 9.57. The van der Waals surface area contributed by atoms with Crippen LogP contribution in [0, 0.1) is 13.5 Å². The van der Waals surface area contributed by atoms with Gasteiger partial charge >= 0.3 is 0 Å². The van der Waals surface area contributed by atoms with Crippen molar-refractivity contribution in [3.8, 4) is 0 Å². The quantitative estimate of drug-likeness (QED) is 0.447. The van der Waals surface area contributed by atoms with Crippen LogP contribution in [0.3, 0.4) is 0 Å². The summed E-state index contributed by atoms with van der Waals surface area (Å²) in [6.45, 7) is 16.9. The lowest BCUT2D eigenvalue weighted by molar-refractivity contribution is -0.118. The van der Waals surface area contributed by atoms with Crippen LogP contribution < -0.4 is 16.0 Å². The first-order valence-electron chi connectivity index (χ1n) is 13.2. The average molecular weight is 539 g/mol. The summed E-state index contributed by atoms with van der Waals surface area (Å²) in [6.07, 6.45) is 2.24. The maximum atomic E-state index is 13.4. The zero-order valence-corrected chi connectivity index (χ0v) is 23.2. The van der Waals surface area contributed by atoms with Gasteiger partial charge in [0.05, 0.1) is 18.0 Å². The lowest BCUT2D eigenvalue weighted by Crippen LogP contribution is -2.59. The molecule has 0 radical (unpaired) electrons. The summed E-state index contributed by atoms with van der Waals surface area (Å²) in [7, 11) is -3.76. The van der Waals surface area contributed by atoms with Gasteiger partial charge in [0, 0.05) is 43.4 Å². The van der Waals surface area contributed by atoms with E-state index in [1.807, 2.05) is 37.8 Å². The molecule has 38 heavy (non-hydrogen) atoms. The third kappa shape index (κ3) is 6.60. The molecule has 2 aromatic carbocycles. The second-order valence-electron chi connectivity index (χ2n) is 10.4. The van der Waals surface area contributed by atoms with E-state index in [-0.39, 0.29) is 29.4 Å². The van der Waals surface area contributed by atoms with Gasteiger partial charge in [0.1, 0.15) is 0 Å². The summed E-state index contributed by atoms with van der Waals surface area (Å²) in [5.41, 5.74) is 3.33. The van der Waals surface area contributed by atoms with Gasteiger partial charge in [-0.15, -0.1) is 0 Å². The van der Waals surface area contributed by atoms with Gasteiger partial charge in [-0.3, -0.25) is 9.69 Å². The Kier molecular flexibility index (Phi) is 9.18. The number of nitrogens with zero attached hydrogens (tertiary/aromatic N) is 3. The molecule has 2 aromatic rings. The lowest BCUT2D eigenvalue weighted by Gasteiger charge is -2.43. The Morgan fingerprint density at radius 3 is 2.47 bits per heavy atom. The number of hydrogen-bond acceptors (Lipinski definition) is 6. The van der Waals surface area contributed by atoms with Crippen LogP contribution in [-0.2, 0) is 21.4 Å². The number of nitrogens with one attached hydrogen (secondary N) is 3. The molecule has 2 aliphatic heterocycles. The molecule has 0 unspecified atom stereocenters. The molecule has 3 N–H and O–H groups in total. The average Bonchev–Trinajstić information content (AvgIpc) is 2.89. The van der Waals surface area contributed by atoms with Crippen LogP contribution in [0.1, 0.15) is 37.8 Å².